The van der Waals surface area contributed by atoms with Gasteiger partial charge in [0, 0.05) is 38.1 Å². The number of rotatable bonds is 5. The van der Waals surface area contributed by atoms with Gasteiger partial charge < -0.3 is 9.88 Å². The molecule has 0 saturated carbocycles. The molecule has 0 aliphatic rings. The molecule has 0 bridgehead atoms. The lowest BCUT2D eigenvalue weighted by molar-refractivity contribution is -0.116. The fourth-order valence-electron chi connectivity index (χ4n) is 2.57. The minimum atomic E-state index is -0.416. The van der Waals surface area contributed by atoms with Crippen LogP contribution in [0.2, 0.25) is 0 Å². The number of carbonyl (C=O) groups is 1. The Balaban J connectivity index is 1.71. The Bertz CT molecular complexity index is 1060. The number of amides is 1. The number of hydrogen-bond donors (Lipinski definition) is 1. The molecule has 3 heterocycles. The van der Waals surface area contributed by atoms with Gasteiger partial charge in [-0.2, -0.15) is 0 Å². The van der Waals surface area contributed by atoms with Crippen LogP contribution in [0.3, 0.4) is 0 Å². The lowest BCUT2D eigenvalue weighted by atomic mass is 10.3. The Kier molecular flexibility index (Phi) is 4.53. The highest BCUT2D eigenvalue weighted by molar-refractivity contribution is 7.15. The summed E-state index contributed by atoms with van der Waals surface area (Å²) in [6.45, 7) is 2.37. The van der Waals surface area contributed by atoms with E-state index >= 15 is 0 Å². The van der Waals surface area contributed by atoms with Crippen LogP contribution >= 0.6 is 11.3 Å². The number of aryl methyl sites for hydroxylation is 3. The molecule has 0 spiro atoms. The molecule has 3 rings (SSSR count). The van der Waals surface area contributed by atoms with Gasteiger partial charge in [-0.15, -0.1) is 11.3 Å². The fraction of sp³-hybridized carbons (Fsp3) is 0.400. The molecule has 0 atom stereocenters. The zero-order chi connectivity index (χ0) is 18.1. The van der Waals surface area contributed by atoms with Gasteiger partial charge in [-0.1, -0.05) is 0 Å². The molecule has 0 fully saturated rings. The third kappa shape index (κ3) is 3.25. The standard InChI is InChI=1S/C15H18N6O3S/c1-9-7-16-14(25-9)18-10(22)5-4-6-21-8-17-12-11(21)13(23)20(3)15(24)19(12)2/h7-8H,4-6H2,1-3H3,(H,16,18,22). The van der Waals surface area contributed by atoms with E-state index in [1.54, 1.807) is 17.8 Å². The molecule has 10 heteroatoms. The van der Waals surface area contributed by atoms with Crippen LogP contribution in [-0.2, 0) is 25.4 Å². The lowest BCUT2D eigenvalue weighted by Crippen LogP contribution is -2.37. The summed E-state index contributed by atoms with van der Waals surface area (Å²) in [5.41, 5.74) is -0.101. The van der Waals surface area contributed by atoms with Crippen LogP contribution in [0, 0.1) is 6.92 Å². The van der Waals surface area contributed by atoms with Gasteiger partial charge in [-0.3, -0.25) is 18.7 Å². The van der Waals surface area contributed by atoms with Crippen molar-refractivity contribution in [2.24, 2.45) is 14.1 Å². The first-order chi connectivity index (χ1) is 11.9. The molecule has 0 aliphatic heterocycles. The van der Waals surface area contributed by atoms with Gasteiger partial charge in [0.1, 0.15) is 0 Å². The van der Waals surface area contributed by atoms with Crippen molar-refractivity contribution in [3.8, 4) is 0 Å². The van der Waals surface area contributed by atoms with E-state index in [0.717, 1.165) is 9.44 Å². The first-order valence-electron chi connectivity index (χ1n) is 7.71. The topological polar surface area (TPSA) is 104 Å². The van der Waals surface area contributed by atoms with E-state index in [1.165, 1.54) is 29.3 Å². The van der Waals surface area contributed by atoms with Crippen molar-refractivity contribution in [1.29, 1.82) is 0 Å². The number of thiazole rings is 1. The molecule has 0 saturated heterocycles. The SMILES string of the molecule is Cc1cnc(NC(=O)CCCn2cnc3c2c(=O)n(C)c(=O)n3C)s1. The van der Waals surface area contributed by atoms with Crippen molar-refractivity contribution in [2.45, 2.75) is 26.3 Å². The molecule has 3 aromatic heterocycles. The highest BCUT2D eigenvalue weighted by atomic mass is 32.1. The molecular weight excluding hydrogens is 344 g/mol. The molecule has 0 aliphatic carbocycles. The average Bonchev–Trinajstić information content (AvgIpc) is 3.17. The molecule has 0 radical (unpaired) electrons. The largest absolute Gasteiger partial charge is 0.332 e. The number of carbonyl (C=O) groups excluding carboxylic acids is 1. The Morgan fingerprint density at radius 2 is 2.00 bits per heavy atom. The van der Waals surface area contributed by atoms with Crippen molar-refractivity contribution in [2.75, 3.05) is 5.32 Å². The molecule has 25 heavy (non-hydrogen) atoms. The predicted molar refractivity (Wildman–Crippen MR) is 94.9 cm³/mol. The molecule has 0 unspecified atom stereocenters. The number of hydrogen-bond acceptors (Lipinski definition) is 6. The summed E-state index contributed by atoms with van der Waals surface area (Å²) < 4.78 is 4.07. The van der Waals surface area contributed by atoms with Crippen LogP contribution in [-0.4, -0.2) is 29.6 Å². The smallest absolute Gasteiger partial charge is 0.325 e. The van der Waals surface area contributed by atoms with Crippen molar-refractivity contribution >= 4 is 33.5 Å². The fourth-order valence-corrected chi connectivity index (χ4v) is 3.25. The van der Waals surface area contributed by atoms with Gasteiger partial charge in [0.05, 0.1) is 6.33 Å². The van der Waals surface area contributed by atoms with Crippen LogP contribution in [0.15, 0.2) is 22.1 Å². The average molecular weight is 362 g/mol. The van der Waals surface area contributed by atoms with E-state index in [2.05, 4.69) is 15.3 Å². The maximum Gasteiger partial charge on any atom is 0.332 e. The van der Waals surface area contributed by atoms with Crippen LogP contribution in [0.1, 0.15) is 17.7 Å². The van der Waals surface area contributed by atoms with Crippen LogP contribution in [0.5, 0.6) is 0 Å². The number of fused-ring (bicyclic) bond motifs is 1. The summed E-state index contributed by atoms with van der Waals surface area (Å²) >= 11 is 1.42. The minimum Gasteiger partial charge on any atom is -0.325 e. The van der Waals surface area contributed by atoms with Gasteiger partial charge in [0.15, 0.2) is 16.3 Å². The lowest BCUT2D eigenvalue weighted by Gasteiger charge is -2.06. The molecule has 3 aromatic rings. The van der Waals surface area contributed by atoms with Crippen molar-refractivity contribution in [3.63, 3.8) is 0 Å². The Morgan fingerprint density at radius 3 is 2.68 bits per heavy atom. The van der Waals surface area contributed by atoms with Gasteiger partial charge >= 0.3 is 5.69 Å². The third-order valence-corrected chi connectivity index (χ3v) is 4.72. The quantitative estimate of drug-likeness (QED) is 0.716. The molecule has 132 valence electrons. The summed E-state index contributed by atoms with van der Waals surface area (Å²) in [5, 5.41) is 3.33. The summed E-state index contributed by atoms with van der Waals surface area (Å²) in [6.07, 6.45) is 4.06. The molecular formula is C15H18N6O3S. The summed E-state index contributed by atoms with van der Waals surface area (Å²) in [5.74, 6) is -0.126. The van der Waals surface area contributed by atoms with E-state index in [1.807, 2.05) is 6.92 Å². The molecule has 9 nitrogen and oxygen atoms in total. The number of nitrogens with one attached hydrogen (secondary N) is 1. The second-order valence-electron chi connectivity index (χ2n) is 5.74. The van der Waals surface area contributed by atoms with Gasteiger partial charge in [0.25, 0.3) is 5.56 Å². The minimum absolute atomic E-state index is 0.126. The number of nitrogens with zero attached hydrogens (tertiary/aromatic N) is 5. The van der Waals surface area contributed by atoms with Crippen molar-refractivity contribution in [3.05, 3.63) is 38.2 Å². The van der Waals surface area contributed by atoms with E-state index in [4.69, 9.17) is 0 Å². The van der Waals surface area contributed by atoms with E-state index in [-0.39, 0.29) is 5.91 Å². The Hall–Kier alpha value is -2.75. The molecule has 0 aromatic carbocycles. The van der Waals surface area contributed by atoms with Gasteiger partial charge in [-0.05, 0) is 13.3 Å². The van der Waals surface area contributed by atoms with Gasteiger partial charge in [-0.25, -0.2) is 14.8 Å². The monoisotopic (exact) mass is 362 g/mol. The Morgan fingerprint density at radius 1 is 1.24 bits per heavy atom. The van der Waals surface area contributed by atoms with Crippen LogP contribution < -0.4 is 16.6 Å². The maximum absolute atomic E-state index is 12.3. The predicted octanol–water partition coefficient (Wildman–Crippen LogP) is 0.618. The Labute approximate surface area is 146 Å². The molecule has 1 amide bonds. The van der Waals surface area contributed by atoms with Gasteiger partial charge in [0.2, 0.25) is 5.91 Å². The van der Waals surface area contributed by atoms with E-state index in [9.17, 15) is 14.4 Å². The number of anilines is 1. The second kappa shape index (κ2) is 6.63. The molecule has 1 N–H and O–H groups in total. The number of imidazole rings is 1. The normalized spacial score (nSPS) is 11.2. The highest BCUT2D eigenvalue weighted by Crippen LogP contribution is 2.16. The number of aromatic nitrogens is 5. The van der Waals surface area contributed by atoms with Crippen LogP contribution in [0.4, 0.5) is 5.13 Å². The zero-order valence-corrected chi connectivity index (χ0v) is 15.0. The van der Waals surface area contributed by atoms with E-state index in [0.29, 0.717) is 35.7 Å². The van der Waals surface area contributed by atoms with Crippen molar-refractivity contribution in [1.82, 2.24) is 23.7 Å². The van der Waals surface area contributed by atoms with Crippen LogP contribution in [0.25, 0.3) is 11.2 Å². The first kappa shape index (κ1) is 17.1. The zero-order valence-electron chi connectivity index (χ0n) is 14.1. The third-order valence-electron chi connectivity index (χ3n) is 3.89. The van der Waals surface area contributed by atoms with E-state index < -0.39 is 11.2 Å². The van der Waals surface area contributed by atoms with Crippen molar-refractivity contribution < 1.29 is 4.79 Å². The maximum atomic E-state index is 12.3. The first-order valence-corrected chi connectivity index (χ1v) is 8.53. The summed E-state index contributed by atoms with van der Waals surface area (Å²) in [7, 11) is 3.01. The second-order valence-corrected chi connectivity index (χ2v) is 6.98. The summed E-state index contributed by atoms with van der Waals surface area (Å²) in [6, 6.07) is 0. The summed E-state index contributed by atoms with van der Waals surface area (Å²) in [4.78, 5) is 45.5. The highest BCUT2D eigenvalue weighted by Gasteiger charge is 2.14.